The Morgan fingerprint density at radius 3 is 2.61 bits per heavy atom. The summed E-state index contributed by atoms with van der Waals surface area (Å²) in [5.41, 5.74) is 5.83. The van der Waals surface area contributed by atoms with E-state index in [0.717, 1.165) is 44.7 Å². The van der Waals surface area contributed by atoms with Crippen LogP contribution in [0.1, 0.15) is 17.7 Å². The third kappa shape index (κ3) is 4.77. The van der Waals surface area contributed by atoms with Crippen LogP contribution in [0, 0.1) is 0 Å². The van der Waals surface area contributed by atoms with Crippen molar-refractivity contribution >= 4 is 61.4 Å². The average Bonchev–Trinajstić information content (AvgIpc) is 3.56. The van der Waals surface area contributed by atoms with E-state index in [9.17, 15) is 18.0 Å². The molecule has 0 bridgehead atoms. The number of halogens is 3. The van der Waals surface area contributed by atoms with Gasteiger partial charge in [0.2, 0.25) is 0 Å². The van der Waals surface area contributed by atoms with Gasteiger partial charge in [0.15, 0.2) is 0 Å². The van der Waals surface area contributed by atoms with Gasteiger partial charge in [0.25, 0.3) is 0 Å². The molecule has 3 N–H and O–H groups in total. The van der Waals surface area contributed by atoms with Crippen molar-refractivity contribution in [3.8, 4) is 0 Å². The first-order valence-electron chi connectivity index (χ1n) is 11.7. The molecule has 2 amide bonds. The van der Waals surface area contributed by atoms with Crippen LogP contribution in [-0.2, 0) is 6.18 Å². The first-order valence-corrected chi connectivity index (χ1v) is 12.6. The molecule has 38 heavy (non-hydrogen) atoms. The number of amides is 2. The van der Waals surface area contributed by atoms with Crippen molar-refractivity contribution < 1.29 is 18.0 Å². The van der Waals surface area contributed by atoms with Gasteiger partial charge in [-0.25, -0.2) is 19.7 Å². The Labute approximate surface area is 218 Å². The topological polar surface area (TPSA) is 98.8 Å². The number of nitrogens with one attached hydrogen (secondary N) is 3. The van der Waals surface area contributed by atoms with Gasteiger partial charge < -0.3 is 20.5 Å². The molecular formula is C26H20F3N7OS. The van der Waals surface area contributed by atoms with E-state index in [2.05, 4.69) is 30.6 Å². The molecule has 0 aliphatic carbocycles. The highest BCUT2D eigenvalue weighted by Crippen LogP contribution is 2.32. The van der Waals surface area contributed by atoms with Gasteiger partial charge in [0.1, 0.15) is 17.8 Å². The lowest BCUT2D eigenvalue weighted by atomic mass is 10.1. The summed E-state index contributed by atoms with van der Waals surface area (Å²) >= 11 is 1.57. The molecule has 5 aromatic rings. The highest BCUT2D eigenvalue weighted by Gasteiger charge is 2.30. The van der Waals surface area contributed by atoms with E-state index in [-0.39, 0.29) is 6.03 Å². The number of nitrogens with zero attached hydrogens (tertiary/aromatic N) is 4. The zero-order chi connectivity index (χ0) is 26.3. The number of hydrogen-bond donors (Lipinski definition) is 3. The lowest BCUT2D eigenvalue weighted by Crippen LogP contribution is -2.37. The maximum absolute atomic E-state index is 12.8. The molecule has 1 aliphatic heterocycles. The summed E-state index contributed by atoms with van der Waals surface area (Å²) in [5.74, 6) is 0.676. The average molecular weight is 536 g/mol. The molecule has 0 saturated heterocycles. The minimum absolute atomic E-state index is 0.307. The summed E-state index contributed by atoms with van der Waals surface area (Å²) in [7, 11) is 0. The Hall–Kier alpha value is -4.45. The third-order valence-electron chi connectivity index (χ3n) is 6.33. The number of hydrogen-bond acceptors (Lipinski definition) is 6. The first kappa shape index (κ1) is 23.9. The number of aromatic nitrogens is 4. The molecule has 1 aliphatic rings. The smallest absolute Gasteiger partial charge is 0.340 e. The number of benzene rings is 2. The molecule has 6 rings (SSSR count). The van der Waals surface area contributed by atoms with E-state index >= 15 is 0 Å². The molecule has 192 valence electrons. The van der Waals surface area contributed by atoms with Crippen LogP contribution in [0.2, 0.25) is 0 Å². The van der Waals surface area contributed by atoms with Gasteiger partial charge in [-0.15, -0.1) is 11.3 Å². The number of carbonyl (C=O) groups excluding carboxylic acids is 1. The number of alkyl halides is 3. The van der Waals surface area contributed by atoms with Gasteiger partial charge in [-0.3, -0.25) is 0 Å². The number of urea groups is 1. The molecule has 0 fully saturated rings. The summed E-state index contributed by atoms with van der Waals surface area (Å²) in [4.78, 5) is 30.7. The Morgan fingerprint density at radius 2 is 1.84 bits per heavy atom. The predicted octanol–water partition coefficient (Wildman–Crippen LogP) is 6.65. The zero-order valence-corrected chi connectivity index (χ0v) is 20.5. The molecule has 0 radical (unpaired) electrons. The molecule has 0 atom stereocenters. The normalized spacial score (nSPS) is 14.1. The second-order valence-corrected chi connectivity index (χ2v) is 9.64. The summed E-state index contributed by atoms with van der Waals surface area (Å²) in [6.45, 7) is 0.822. The molecule has 2 aromatic carbocycles. The fourth-order valence-corrected chi connectivity index (χ4v) is 5.04. The lowest BCUT2D eigenvalue weighted by molar-refractivity contribution is -0.137. The number of anilines is 3. The molecule has 0 unspecified atom stereocenters. The van der Waals surface area contributed by atoms with E-state index in [4.69, 9.17) is 0 Å². The van der Waals surface area contributed by atoms with Crippen LogP contribution in [0.4, 0.5) is 35.2 Å². The summed E-state index contributed by atoms with van der Waals surface area (Å²) in [6, 6.07) is 12.0. The number of rotatable bonds is 4. The summed E-state index contributed by atoms with van der Waals surface area (Å²) in [5, 5.41) is 6.87. The van der Waals surface area contributed by atoms with E-state index < -0.39 is 11.7 Å². The van der Waals surface area contributed by atoms with Gasteiger partial charge in [-0.1, -0.05) is 6.08 Å². The second-order valence-electron chi connectivity index (χ2n) is 8.76. The standard InChI is InChI=1S/C26H20F3N7OS/c27-26(28,29)16-1-3-17(4-2-16)34-25(37)36-9-7-15(8-10-36)21-12-19-23(30-13-31-24(19)35-21)33-18-5-6-20-22(11-18)38-14-32-20/h1-7,11-14H,8-10H2,(H,34,37)(H2,30,31,33,35). The van der Waals surface area contributed by atoms with E-state index in [1.807, 2.05) is 35.9 Å². The Morgan fingerprint density at radius 1 is 1.03 bits per heavy atom. The quantitative estimate of drug-likeness (QED) is 0.239. The Kier molecular flexibility index (Phi) is 5.95. The zero-order valence-electron chi connectivity index (χ0n) is 19.7. The molecule has 4 heterocycles. The number of H-pyrrole nitrogens is 1. The summed E-state index contributed by atoms with van der Waals surface area (Å²) < 4.78 is 39.4. The lowest BCUT2D eigenvalue weighted by Gasteiger charge is -2.26. The highest BCUT2D eigenvalue weighted by atomic mass is 32.1. The minimum Gasteiger partial charge on any atom is -0.340 e. The molecule has 0 saturated carbocycles. The largest absolute Gasteiger partial charge is 0.416 e. The van der Waals surface area contributed by atoms with E-state index in [1.54, 1.807) is 16.2 Å². The van der Waals surface area contributed by atoms with Crippen LogP contribution in [0.5, 0.6) is 0 Å². The van der Waals surface area contributed by atoms with Gasteiger partial charge in [0, 0.05) is 30.2 Å². The molecular weight excluding hydrogens is 515 g/mol. The fraction of sp³-hybridized carbons (Fsp3) is 0.154. The van der Waals surface area contributed by atoms with Gasteiger partial charge in [-0.05, 0) is 60.5 Å². The molecule has 3 aromatic heterocycles. The van der Waals surface area contributed by atoms with Gasteiger partial charge in [-0.2, -0.15) is 13.2 Å². The van der Waals surface area contributed by atoms with Crippen LogP contribution in [-0.4, -0.2) is 44.0 Å². The monoisotopic (exact) mass is 535 g/mol. The summed E-state index contributed by atoms with van der Waals surface area (Å²) in [6.07, 6.45) is -0.360. The third-order valence-corrected chi connectivity index (χ3v) is 7.12. The van der Waals surface area contributed by atoms with Crippen molar-refractivity contribution in [2.75, 3.05) is 23.7 Å². The Balaban J connectivity index is 1.15. The highest BCUT2D eigenvalue weighted by molar-refractivity contribution is 7.16. The number of carbonyl (C=O) groups is 1. The predicted molar refractivity (Wildman–Crippen MR) is 141 cm³/mol. The van der Waals surface area contributed by atoms with Crippen molar-refractivity contribution in [2.45, 2.75) is 12.6 Å². The fourth-order valence-electron chi connectivity index (χ4n) is 4.33. The van der Waals surface area contributed by atoms with Crippen LogP contribution in [0.3, 0.4) is 0 Å². The van der Waals surface area contributed by atoms with Crippen molar-refractivity contribution in [2.24, 2.45) is 0 Å². The van der Waals surface area contributed by atoms with Gasteiger partial charge in [0.05, 0.1) is 26.7 Å². The maximum atomic E-state index is 12.8. The maximum Gasteiger partial charge on any atom is 0.416 e. The SMILES string of the molecule is O=C(Nc1ccc(C(F)(F)F)cc1)N1CC=C(c2cc3c(Nc4ccc5ncsc5c4)ncnc3[nH]2)CC1. The first-order chi connectivity index (χ1) is 18.3. The number of thiazole rings is 1. The number of fused-ring (bicyclic) bond motifs is 2. The van der Waals surface area contributed by atoms with E-state index in [0.29, 0.717) is 36.7 Å². The van der Waals surface area contributed by atoms with Crippen LogP contribution >= 0.6 is 11.3 Å². The van der Waals surface area contributed by atoms with Crippen LogP contribution in [0.15, 0.2) is 66.4 Å². The van der Waals surface area contributed by atoms with Crippen molar-refractivity contribution in [1.29, 1.82) is 0 Å². The van der Waals surface area contributed by atoms with Gasteiger partial charge >= 0.3 is 12.2 Å². The minimum atomic E-state index is -4.42. The van der Waals surface area contributed by atoms with E-state index in [1.165, 1.54) is 18.5 Å². The van der Waals surface area contributed by atoms with Crippen LogP contribution in [0.25, 0.3) is 26.8 Å². The van der Waals surface area contributed by atoms with Crippen LogP contribution < -0.4 is 10.6 Å². The Bertz CT molecular complexity index is 1670. The molecule has 12 heteroatoms. The van der Waals surface area contributed by atoms with Crippen molar-refractivity contribution in [3.63, 3.8) is 0 Å². The van der Waals surface area contributed by atoms with Crippen molar-refractivity contribution in [1.82, 2.24) is 24.8 Å². The number of aromatic amines is 1. The molecule has 8 nitrogen and oxygen atoms in total. The second kappa shape index (κ2) is 9.45. The van der Waals surface area contributed by atoms with Crippen molar-refractivity contribution in [3.05, 3.63) is 77.7 Å². The molecule has 0 spiro atoms.